The van der Waals surface area contributed by atoms with Crippen molar-refractivity contribution in [2.24, 2.45) is 5.73 Å². The monoisotopic (exact) mass is 280 g/mol. The third-order valence-corrected chi connectivity index (χ3v) is 4.39. The first kappa shape index (κ1) is 10.6. The summed E-state index contributed by atoms with van der Waals surface area (Å²) in [7, 11) is 0. The smallest absolute Gasteiger partial charge is 0.0443 e. The summed E-state index contributed by atoms with van der Waals surface area (Å²) in [5.41, 5.74) is 9.01. The summed E-state index contributed by atoms with van der Waals surface area (Å²) in [6, 6.07) is 6.45. The first-order valence-electron chi connectivity index (χ1n) is 6.03. The molecule has 2 fully saturated rings. The van der Waals surface area contributed by atoms with E-state index in [0.717, 1.165) is 12.8 Å². The third-order valence-electron chi connectivity index (χ3n) is 3.72. The van der Waals surface area contributed by atoms with Crippen molar-refractivity contribution in [2.45, 2.75) is 31.2 Å². The van der Waals surface area contributed by atoms with E-state index in [4.69, 9.17) is 5.73 Å². The molecule has 0 atom stereocenters. The molecule has 2 N–H and O–H groups in total. The standard InChI is InChI=1S/C13H17BrN2/c14-10-4-3-5-11(16-8-1-2-9-16)12(10)13(15)6-7-13/h3-5H,1-2,6-9,15H2. The van der Waals surface area contributed by atoms with Crippen LogP contribution in [0.15, 0.2) is 22.7 Å². The SMILES string of the molecule is NC1(c2c(Br)cccc2N2CCCC2)CC1. The fourth-order valence-corrected chi connectivity index (χ4v) is 3.36. The van der Waals surface area contributed by atoms with Crippen LogP contribution in [0.2, 0.25) is 0 Å². The number of halogens is 1. The van der Waals surface area contributed by atoms with Gasteiger partial charge in [0.1, 0.15) is 0 Å². The molecule has 0 bridgehead atoms. The number of benzene rings is 1. The van der Waals surface area contributed by atoms with Crippen molar-refractivity contribution < 1.29 is 0 Å². The van der Waals surface area contributed by atoms with E-state index in [2.05, 4.69) is 39.0 Å². The van der Waals surface area contributed by atoms with Crippen molar-refractivity contribution in [3.05, 3.63) is 28.2 Å². The van der Waals surface area contributed by atoms with Crippen LogP contribution in [0.4, 0.5) is 5.69 Å². The highest BCUT2D eigenvalue weighted by Gasteiger charge is 2.43. The average Bonchev–Trinajstić information content (AvgIpc) is 2.83. The maximum absolute atomic E-state index is 6.38. The molecule has 0 aromatic heterocycles. The molecule has 16 heavy (non-hydrogen) atoms. The van der Waals surface area contributed by atoms with Gasteiger partial charge in [-0.05, 0) is 37.8 Å². The zero-order chi connectivity index (χ0) is 11.2. The molecule has 1 aromatic carbocycles. The maximum atomic E-state index is 6.38. The number of anilines is 1. The summed E-state index contributed by atoms with van der Waals surface area (Å²) in [6.45, 7) is 2.36. The minimum absolute atomic E-state index is 0.0575. The topological polar surface area (TPSA) is 29.3 Å². The molecule has 1 aliphatic carbocycles. The summed E-state index contributed by atoms with van der Waals surface area (Å²) >= 11 is 3.66. The van der Waals surface area contributed by atoms with Crippen LogP contribution in [0, 0.1) is 0 Å². The Hall–Kier alpha value is -0.540. The van der Waals surface area contributed by atoms with Crippen molar-refractivity contribution in [3.8, 4) is 0 Å². The van der Waals surface area contributed by atoms with Crippen LogP contribution in [-0.2, 0) is 5.54 Å². The van der Waals surface area contributed by atoms with Gasteiger partial charge in [0.15, 0.2) is 0 Å². The Morgan fingerprint density at radius 2 is 1.88 bits per heavy atom. The van der Waals surface area contributed by atoms with E-state index in [9.17, 15) is 0 Å². The van der Waals surface area contributed by atoms with Crippen LogP contribution in [0.3, 0.4) is 0 Å². The van der Waals surface area contributed by atoms with E-state index in [-0.39, 0.29) is 5.54 Å². The van der Waals surface area contributed by atoms with Gasteiger partial charge in [0.2, 0.25) is 0 Å². The van der Waals surface area contributed by atoms with E-state index in [1.165, 1.54) is 41.7 Å². The van der Waals surface area contributed by atoms with E-state index < -0.39 is 0 Å². The molecule has 0 radical (unpaired) electrons. The minimum atomic E-state index is -0.0575. The van der Waals surface area contributed by atoms with Gasteiger partial charge in [-0.15, -0.1) is 0 Å². The number of hydrogen-bond acceptors (Lipinski definition) is 2. The van der Waals surface area contributed by atoms with Crippen LogP contribution >= 0.6 is 15.9 Å². The highest BCUT2D eigenvalue weighted by Crippen LogP contribution is 2.49. The lowest BCUT2D eigenvalue weighted by Crippen LogP contribution is -2.26. The van der Waals surface area contributed by atoms with E-state index in [1.54, 1.807) is 0 Å². The van der Waals surface area contributed by atoms with Gasteiger partial charge in [0.05, 0.1) is 0 Å². The van der Waals surface area contributed by atoms with Crippen LogP contribution in [0.25, 0.3) is 0 Å². The Kier molecular flexibility index (Phi) is 2.48. The molecule has 2 aliphatic rings. The lowest BCUT2D eigenvalue weighted by molar-refractivity contribution is 0.729. The molecule has 1 aromatic rings. The molecule has 0 unspecified atom stereocenters. The van der Waals surface area contributed by atoms with Crippen molar-refractivity contribution >= 4 is 21.6 Å². The summed E-state index contributed by atoms with van der Waals surface area (Å²) in [5.74, 6) is 0. The summed E-state index contributed by atoms with van der Waals surface area (Å²) in [4.78, 5) is 2.48. The van der Waals surface area contributed by atoms with E-state index in [1.807, 2.05) is 0 Å². The van der Waals surface area contributed by atoms with Gasteiger partial charge in [-0.3, -0.25) is 0 Å². The van der Waals surface area contributed by atoms with Gasteiger partial charge in [0.25, 0.3) is 0 Å². The van der Waals surface area contributed by atoms with Crippen molar-refractivity contribution in [2.75, 3.05) is 18.0 Å². The predicted molar refractivity (Wildman–Crippen MR) is 70.7 cm³/mol. The van der Waals surface area contributed by atoms with E-state index >= 15 is 0 Å². The van der Waals surface area contributed by atoms with Gasteiger partial charge < -0.3 is 10.6 Å². The highest BCUT2D eigenvalue weighted by atomic mass is 79.9. The van der Waals surface area contributed by atoms with Crippen molar-refractivity contribution in [1.82, 2.24) is 0 Å². The second-order valence-electron chi connectivity index (χ2n) is 4.98. The Labute approximate surface area is 105 Å². The van der Waals surface area contributed by atoms with Crippen LogP contribution in [-0.4, -0.2) is 13.1 Å². The number of hydrogen-bond donors (Lipinski definition) is 1. The predicted octanol–water partition coefficient (Wildman–Crippen LogP) is 3.00. The molecule has 1 saturated carbocycles. The molecule has 0 amide bonds. The third kappa shape index (κ3) is 1.66. The molecule has 0 spiro atoms. The lowest BCUT2D eigenvalue weighted by Gasteiger charge is -2.25. The Morgan fingerprint density at radius 1 is 1.19 bits per heavy atom. The molecule has 1 heterocycles. The minimum Gasteiger partial charge on any atom is -0.371 e. The maximum Gasteiger partial charge on any atom is 0.0443 e. The molecule has 1 saturated heterocycles. The normalized spacial score (nSPS) is 22.5. The van der Waals surface area contributed by atoms with Gasteiger partial charge >= 0.3 is 0 Å². The Balaban J connectivity index is 2.06. The number of rotatable bonds is 2. The molecule has 3 heteroatoms. The number of nitrogens with two attached hydrogens (primary N) is 1. The van der Waals surface area contributed by atoms with Gasteiger partial charge in [0, 0.05) is 34.4 Å². The first-order chi connectivity index (χ1) is 7.71. The highest BCUT2D eigenvalue weighted by molar-refractivity contribution is 9.10. The Bertz CT molecular complexity index is 406. The van der Waals surface area contributed by atoms with Crippen molar-refractivity contribution in [1.29, 1.82) is 0 Å². The van der Waals surface area contributed by atoms with E-state index in [0.29, 0.717) is 0 Å². The summed E-state index contributed by atoms with van der Waals surface area (Å²) in [6.07, 6.45) is 4.86. The molecule has 2 nitrogen and oxygen atoms in total. The first-order valence-corrected chi connectivity index (χ1v) is 6.83. The fraction of sp³-hybridized carbons (Fsp3) is 0.538. The average molecular weight is 281 g/mol. The molecule has 86 valence electrons. The summed E-state index contributed by atoms with van der Waals surface area (Å²) in [5, 5.41) is 0. The van der Waals surface area contributed by atoms with Crippen LogP contribution in [0.5, 0.6) is 0 Å². The molecular formula is C13H17BrN2. The van der Waals surface area contributed by atoms with Crippen LogP contribution in [0.1, 0.15) is 31.2 Å². The van der Waals surface area contributed by atoms with Gasteiger partial charge in [-0.2, -0.15) is 0 Å². The quantitative estimate of drug-likeness (QED) is 0.903. The van der Waals surface area contributed by atoms with Gasteiger partial charge in [-0.1, -0.05) is 22.0 Å². The second-order valence-corrected chi connectivity index (χ2v) is 5.84. The molecular weight excluding hydrogens is 264 g/mol. The second kappa shape index (κ2) is 3.74. The molecule has 1 aliphatic heterocycles. The molecule has 3 rings (SSSR count). The lowest BCUT2D eigenvalue weighted by atomic mass is 10.0. The number of nitrogens with zero attached hydrogens (tertiary/aromatic N) is 1. The van der Waals surface area contributed by atoms with Gasteiger partial charge in [-0.25, -0.2) is 0 Å². The Morgan fingerprint density at radius 3 is 2.50 bits per heavy atom. The largest absolute Gasteiger partial charge is 0.371 e. The zero-order valence-electron chi connectivity index (χ0n) is 9.38. The summed E-state index contributed by atoms with van der Waals surface area (Å²) < 4.78 is 1.18. The van der Waals surface area contributed by atoms with Crippen LogP contribution < -0.4 is 10.6 Å². The fourth-order valence-electron chi connectivity index (χ4n) is 2.61. The zero-order valence-corrected chi connectivity index (χ0v) is 11.0. The van der Waals surface area contributed by atoms with Crippen molar-refractivity contribution in [3.63, 3.8) is 0 Å².